The Morgan fingerprint density at radius 3 is 2.37 bits per heavy atom. The molecule has 1 aromatic heterocycles. The summed E-state index contributed by atoms with van der Waals surface area (Å²) in [4.78, 5) is 19.6. The van der Waals surface area contributed by atoms with Gasteiger partial charge in [-0.3, -0.25) is 4.79 Å². The molecule has 98 valence electrons. The number of hydrogen-bond acceptors (Lipinski definition) is 3. The van der Waals surface area contributed by atoms with E-state index in [1.54, 1.807) is 6.92 Å². The highest BCUT2D eigenvalue weighted by Crippen LogP contribution is 2.29. The van der Waals surface area contributed by atoms with E-state index in [0.717, 1.165) is 17.7 Å². The molecular formula is C13H9F3N2O. The molecule has 0 aliphatic rings. The first-order valence-electron chi connectivity index (χ1n) is 5.38. The van der Waals surface area contributed by atoms with Gasteiger partial charge in [0.05, 0.1) is 5.56 Å². The summed E-state index contributed by atoms with van der Waals surface area (Å²) >= 11 is 0. The van der Waals surface area contributed by atoms with E-state index in [9.17, 15) is 18.0 Å². The summed E-state index contributed by atoms with van der Waals surface area (Å²) in [7, 11) is 0. The van der Waals surface area contributed by atoms with Crippen LogP contribution in [0.3, 0.4) is 0 Å². The summed E-state index contributed by atoms with van der Waals surface area (Å²) in [5.41, 5.74) is -0.190. The molecular weight excluding hydrogens is 257 g/mol. The zero-order chi connectivity index (χ0) is 14.0. The highest BCUT2D eigenvalue weighted by atomic mass is 19.4. The number of ketones is 1. The van der Waals surface area contributed by atoms with Crippen LogP contribution in [0.5, 0.6) is 0 Å². The number of carbonyl (C=O) groups is 1. The van der Waals surface area contributed by atoms with Crippen LogP contribution in [-0.4, -0.2) is 15.8 Å². The molecule has 0 atom stereocenters. The Morgan fingerprint density at radius 2 is 1.79 bits per heavy atom. The van der Waals surface area contributed by atoms with Gasteiger partial charge in [-0.1, -0.05) is 12.1 Å². The van der Waals surface area contributed by atoms with E-state index in [2.05, 4.69) is 9.97 Å². The fourth-order valence-corrected chi connectivity index (χ4v) is 1.48. The highest BCUT2D eigenvalue weighted by Gasteiger charge is 2.31. The number of hydrogen-bond donors (Lipinski definition) is 0. The average molecular weight is 266 g/mol. The van der Waals surface area contributed by atoms with Gasteiger partial charge in [0, 0.05) is 18.0 Å². The molecule has 1 heterocycles. The van der Waals surface area contributed by atoms with E-state index in [1.165, 1.54) is 24.5 Å². The molecule has 2 aromatic rings. The summed E-state index contributed by atoms with van der Waals surface area (Å²) in [6.45, 7) is 1.75. The largest absolute Gasteiger partial charge is 0.416 e. The maximum Gasteiger partial charge on any atom is 0.416 e. The van der Waals surface area contributed by atoms with E-state index in [0.29, 0.717) is 0 Å². The maximum atomic E-state index is 12.5. The van der Waals surface area contributed by atoms with Gasteiger partial charge in [0.1, 0.15) is 0 Å². The average Bonchev–Trinajstić information content (AvgIpc) is 2.38. The number of carbonyl (C=O) groups excluding carboxylic acids is 1. The first kappa shape index (κ1) is 13.2. The van der Waals surface area contributed by atoms with E-state index >= 15 is 0 Å². The number of benzene rings is 1. The molecule has 6 heteroatoms. The topological polar surface area (TPSA) is 42.9 Å². The molecule has 1 aromatic carbocycles. The van der Waals surface area contributed by atoms with Gasteiger partial charge < -0.3 is 0 Å². The number of aryl methyl sites for hydroxylation is 1. The van der Waals surface area contributed by atoms with Crippen LogP contribution in [0.2, 0.25) is 0 Å². The molecule has 0 amide bonds. The Hall–Kier alpha value is -2.24. The molecule has 3 nitrogen and oxygen atoms in total. The molecule has 19 heavy (non-hydrogen) atoms. The third-order valence-corrected chi connectivity index (χ3v) is 2.44. The third kappa shape index (κ3) is 2.96. The number of rotatable bonds is 2. The minimum atomic E-state index is -4.48. The molecule has 2 rings (SSSR count). The van der Waals surface area contributed by atoms with Gasteiger partial charge in [-0.25, -0.2) is 9.97 Å². The fourth-order valence-electron chi connectivity index (χ4n) is 1.48. The van der Waals surface area contributed by atoms with E-state index in [4.69, 9.17) is 0 Å². The second-order valence-corrected chi connectivity index (χ2v) is 3.99. The molecule has 0 saturated carbocycles. The predicted molar refractivity (Wildman–Crippen MR) is 61.6 cm³/mol. The number of nitrogens with zero attached hydrogens (tertiary/aromatic N) is 2. The van der Waals surface area contributed by atoms with E-state index < -0.39 is 17.5 Å². The quantitative estimate of drug-likeness (QED) is 0.785. The molecule has 0 radical (unpaired) electrons. The minimum absolute atomic E-state index is 0.0846. The van der Waals surface area contributed by atoms with Crippen LogP contribution in [0.25, 0.3) is 0 Å². The molecule has 0 N–H and O–H groups in total. The summed E-state index contributed by atoms with van der Waals surface area (Å²) in [6, 6.07) is 4.20. The predicted octanol–water partition coefficient (Wildman–Crippen LogP) is 3.03. The smallest absolute Gasteiger partial charge is 0.285 e. The van der Waals surface area contributed by atoms with Crippen molar-refractivity contribution in [3.63, 3.8) is 0 Å². The Labute approximate surface area is 107 Å². The van der Waals surface area contributed by atoms with Crippen molar-refractivity contribution in [3.8, 4) is 0 Å². The van der Waals surface area contributed by atoms with Crippen molar-refractivity contribution in [3.05, 3.63) is 59.2 Å². The third-order valence-electron chi connectivity index (χ3n) is 2.44. The fraction of sp³-hybridized carbons (Fsp3) is 0.154. The van der Waals surface area contributed by atoms with Gasteiger partial charge in [0.15, 0.2) is 0 Å². The van der Waals surface area contributed by atoms with Crippen molar-refractivity contribution < 1.29 is 18.0 Å². The van der Waals surface area contributed by atoms with Crippen LogP contribution in [0, 0.1) is 6.92 Å². The van der Waals surface area contributed by atoms with Crippen molar-refractivity contribution in [1.29, 1.82) is 0 Å². The van der Waals surface area contributed by atoms with Crippen LogP contribution < -0.4 is 0 Å². The molecule has 0 saturated heterocycles. The summed E-state index contributed by atoms with van der Waals surface area (Å²) in [6.07, 6.45) is -1.61. The molecule has 0 aliphatic carbocycles. The van der Waals surface area contributed by atoms with Crippen LogP contribution in [0.1, 0.15) is 27.3 Å². The van der Waals surface area contributed by atoms with Gasteiger partial charge in [0.2, 0.25) is 11.6 Å². The van der Waals surface area contributed by atoms with Crippen molar-refractivity contribution in [2.45, 2.75) is 13.1 Å². The summed E-state index contributed by atoms with van der Waals surface area (Å²) in [5, 5.41) is 0. The van der Waals surface area contributed by atoms with Crippen LogP contribution >= 0.6 is 0 Å². The minimum Gasteiger partial charge on any atom is -0.285 e. The Balaban J connectivity index is 2.37. The van der Waals surface area contributed by atoms with E-state index in [-0.39, 0.29) is 11.4 Å². The lowest BCUT2D eigenvalue weighted by Crippen LogP contribution is -2.10. The second-order valence-electron chi connectivity index (χ2n) is 3.99. The van der Waals surface area contributed by atoms with Crippen molar-refractivity contribution >= 4 is 5.78 Å². The second kappa shape index (κ2) is 4.79. The lowest BCUT2D eigenvalue weighted by molar-refractivity contribution is -0.137. The van der Waals surface area contributed by atoms with Crippen molar-refractivity contribution in [2.75, 3.05) is 0 Å². The molecule has 0 unspecified atom stereocenters. The summed E-state index contributed by atoms with van der Waals surface area (Å²) < 4.78 is 37.6. The Bertz CT molecular complexity index is 606. The number of alkyl halides is 3. The van der Waals surface area contributed by atoms with Gasteiger partial charge >= 0.3 is 6.18 Å². The standard InChI is InChI=1S/C13H9F3N2O/c1-8-6-17-12(18-7-8)11(19)9-3-2-4-10(5-9)13(14,15)16/h2-7H,1H3. The van der Waals surface area contributed by atoms with E-state index in [1.807, 2.05) is 0 Å². The van der Waals surface area contributed by atoms with Crippen molar-refractivity contribution in [1.82, 2.24) is 9.97 Å². The number of aromatic nitrogens is 2. The monoisotopic (exact) mass is 266 g/mol. The van der Waals surface area contributed by atoms with Crippen molar-refractivity contribution in [2.24, 2.45) is 0 Å². The van der Waals surface area contributed by atoms with Gasteiger partial charge in [-0.05, 0) is 24.6 Å². The van der Waals surface area contributed by atoms with Crippen LogP contribution in [0.4, 0.5) is 13.2 Å². The lowest BCUT2D eigenvalue weighted by atomic mass is 10.1. The Kier molecular flexibility index (Phi) is 3.33. The summed E-state index contributed by atoms with van der Waals surface area (Å²) in [5.74, 6) is -0.754. The molecule has 0 aliphatic heterocycles. The normalized spacial score (nSPS) is 11.4. The first-order valence-corrected chi connectivity index (χ1v) is 5.38. The molecule has 0 bridgehead atoms. The lowest BCUT2D eigenvalue weighted by Gasteiger charge is -2.07. The number of halogens is 3. The zero-order valence-electron chi connectivity index (χ0n) is 9.90. The maximum absolute atomic E-state index is 12.5. The van der Waals surface area contributed by atoms with Gasteiger partial charge in [-0.15, -0.1) is 0 Å². The van der Waals surface area contributed by atoms with Gasteiger partial charge in [-0.2, -0.15) is 13.2 Å². The Morgan fingerprint density at radius 1 is 1.16 bits per heavy atom. The molecule has 0 fully saturated rings. The van der Waals surface area contributed by atoms with Crippen LogP contribution in [0.15, 0.2) is 36.7 Å². The van der Waals surface area contributed by atoms with Gasteiger partial charge in [0.25, 0.3) is 0 Å². The SMILES string of the molecule is Cc1cnc(C(=O)c2cccc(C(F)(F)F)c2)nc1. The molecule has 0 spiro atoms. The van der Waals surface area contributed by atoms with Crippen LogP contribution in [-0.2, 0) is 6.18 Å². The zero-order valence-corrected chi connectivity index (χ0v) is 9.90. The first-order chi connectivity index (χ1) is 8.88. The highest BCUT2D eigenvalue weighted by molar-refractivity contribution is 6.06.